The number of alkyl halides is 6. The number of benzene rings is 3. The van der Waals surface area contributed by atoms with E-state index in [1.807, 2.05) is 0 Å². The molecule has 7 rings (SSSR count). The fraction of sp³-hybridized carbons (Fsp3) is 0.235. The summed E-state index contributed by atoms with van der Waals surface area (Å²) >= 11 is 0. The van der Waals surface area contributed by atoms with Gasteiger partial charge in [-0.3, -0.25) is 5.32 Å². The van der Waals surface area contributed by atoms with Gasteiger partial charge in [0.25, 0.3) is 0 Å². The third-order valence-electron chi connectivity index (χ3n) is 9.29. The summed E-state index contributed by atoms with van der Waals surface area (Å²) < 4.78 is 169. The van der Waals surface area contributed by atoms with Crippen LogP contribution in [0.25, 0.3) is 11.1 Å². The van der Waals surface area contributed by atoms with E-state index in [1.54, 1.807) is 6.08 Å². The van der Waals surface area contributed by atoms with Crippen molar-refractivity contribution in [3.05, 3.63) is 135 Å². The third kappa shape index (κ3) is 5.44. The van der Waals surface area contributed by atoms with E-state index in [0.29, 0.717) is 28.8 Å². The molecule has 1 N–H and O–H groups in total. The van der Waals surface area contributed by atoms with E-state index in [1.165, 1.54) is 23.5 Å². The molecule has 2 nitrogen and oxygen atoms in total. The second-order valence-electron chi connectivity index (χ2n) is 12.0. The molecule has 4 aliphatic carbocycles. The molecule has 0 aliphatic heterocycles. The molecule has 48 heavy (non-hydrogen) atoms. The van der Waals surface area contributed by atoms with Crippen LogP contribution in [0.15, 0.2) is 78.1 Å². The van der Waals surface area contributed by atoms with Gasteiger partial charge in [0.15, 0.2) is 34.9 Å². The molecule has 14 heteroatoms. The lowest BCUT2D eigenvalue weighted by molar-refractivity contribution is -0.303. The zero-order chi connectivity index (χ0) is 34.4. The number of ether oxygens (including phenoxy) is 1. The lowest BCUT2D eigenvalue weighted by atomic mass is 9.73. The summed E-state index contributed by atoms with van der Waals surface area (Å²) in [6.45, 7) is 0. The standard InChI is InChI=1S/C34H19F12NO/c35-25-5-13(6-26(36)31(25)39)29-21-9-15(47-33(41,42)43)1-3-17(21)19-11-20-18-4-2-16(48-34(44,45)46)10-22(18)30(24(20)12-23(19)29)14-7-27(37)32(40)28(38)8-14/h1-11,18,20,22,24,30,47H,12H2. The van der Waals surface area contributed by atoms with E-state index in [9.17, 15) is 52.7 Å². The second kappa shape index (κ2) is 11.0. The number of allylic oxidation sites excluding steroid dienone is 6. The normalized spacial score (nSPS) is 24.5. The summed E-state index contributed by atoms with van der Waals surface area (Å²) in [5, 5.41) is 1.38. The van der Waals surface area contributed by atoms with Gasteiger partial charge < -0.3 is 4.74 Å². The summed E-state index contributed by atoms with van der Waals surface area (Å²) in [5.41, 5.74) is 0.680. The Bertz CT molecular complexity index is 1940. The molecule has 0 spiro atoms. The van der Waals surface area contributed by atoms with Gasteiger partial charge in [-0.2, -0.15) is 13.2 Å². The number of nitrogens with one attached hydrogen (secondary N) is 1. The van der Waals surface area contributed by atoms with E-state index < -0.39 is 88.6 Å². The molecule has 0 saturated heterocycles. The predicted octanol–water partition coefficient (Wildman–Crippen LogP) is 10.3. The van der Waals surface area contributed by atoms with Crippen molar-refractivity contribution >= 4 is 16.8 Å². The summed E-state index contributed by atoms with van der Waals surface area (Å²) in [7, 11) is 0. The van der Waals surface area contributed by atoms with Gasteiger partial charge in [0.1, 0.15) is 5.76 Å². The zero-order valence-electron chi connectivity index (χ0n) is 23.9. The summed E-state index contributed by atoms with van der Waals surface area (Å²) in [6, 6.07) is 6.49. The van der Waals surface area contributed by atoms with Crippen LogP contribution in [-0.4, -0.2) is 12.7 Å². The van der Waals surface area contributed by atoms with Crippen LogP contribution in [0.2, 0.25) is 0 Å². The molecule has 0 heterocycles. The average Bonchev–Trinajstić information content (AvgIpc) is 3.46. The lowest BCUT2D eigenvalue weighted by Crippen LogP contribution is -2.20. The van der Waals surface area contributed by atoms with Crippen molar-refractivity contribution in [2.45, 2.75) is 25.0 Å². The van der Waals surface area contributed by atoms with Crippen molar-refractivity contribution in [1.82, 2.24) is 0 Å². The van der Waals surface area contributed by atoms with Gasteiger partial charge in [-0.1, -0.05) is 18.2 Å². The summed E-state index contributed by atoms with van der Waals surface area (Å²) in [5.74, 6) is -13.9. The molecule has 0 amide bonds. The first-order valence-corrected chi connectivity index (χ1v) is 14.4. The van der Waals surface area contributed by atoms with E-state index >= 15 is 0 Å². The number of anilines is 1. The van der Waals surface area contributed by atoms with Crippen molar-refractivity contribution in [2.24, 2.45) is 23.7 Å². The Kier molecular flexibility index (Phi) is 7.29. The molecular weight excluding hydrogens is 666 g/mol. The minimum absolute atomic E-state index is 0.0431. The number of fused-ring (bicyclic) bond motifs is 6. The Morgan fingerprint density at radius 1 is 0.688 bits per heavy atom. The zero-order valence-corrected chi connectivity index (χ0v) is 23.9. The Morgan fingerprint density at radius 3 is 1.92 bits per heavy atom. The third-order valence-corrected chi connectivity index (χ3v) is 9.29. The highest BCUT2D eigenvalue weighted by molar-refractivity contribution is 6.06. The van der Waals surface area contributed by atoms with Gasteiger partial charge in [-0.05, 0) is 124 Å². The van der Waals surface area contributed by atoms with Crippen LogP contribution in [0.4, 0.5) is 58.4 Å². The molecule has 3 aromatic carbocycles. The first kappa shape index (κ1) is 32.0. The van der Waals surface area contributed by atoms with Gasteiger partial charge in [0.05, 0.1) is 0 Å². The van der Waals surface area contributed by atoms with Crippen molar-refractivity contribution in [1.29, 1.82) is 0 Å². The number of halogens is 12. The molecule has 0 bridgehead atoms. The minimum atomic E-state index is -5.06. The highest BCUT2D eigenvalue weighted by atomic mass is 19.4. The molecule has 4 aliphatic rings. The summed E-state index contributed by atoms with van der Waals surface area (Å²) in [4.78, 5) is 0. The second-order valence-corrected chi connectivity index (χ2v) is 12.0. The fourth-order valence-electron chi connectivity index (χ4n) is 7.71. The van der Waals surface area contributed by atoms with Gasteiger partial charge in [0, 0.05) is 5.69 Å². The van der Waals surface area contributed by atoms with Crippen molar-refractivity contribution in [3.8, 4) is 0 Å². The largest absolute Gasteiger partial charge is 0.573 e. The Balaban J connectivity index is 1.43. The van der Waals surface area contributed by atoms with Crippen LogP contribution < -0.4 is 5.32 Å². The molecule has 0 aromatic heterocycles. The number of hydrogen-bond acceptors (Lipinski definition) is 2. The van der Waals surface area contributed by atoms with E-state index in [0.717, 1.165) is 30.3 Å². The first-order valence-electron chi connectivity index (χ1n) is 14.4. The van der Waals surface area contributed by atoms with Crippen molar-refractivity contribution in [3.63, 3.8) is 0 Å². The van der Waals surface area contributed by atoms with E-state index in [2.05, 4.69) is 4.74 Å². The Hall–Kier alpha value is -4.62. The lowest BCUT2D eigenvalue weighted by Gasteiger charge is -2.31. The number of rotatable bonds is 4. The SMILES string of the molecule is Fc1cc(C2=C3CC4C(C=C3c3ccc(NC(F)(F)F)cc32)C2C=CC(OC(F)(F)F)=CC2C4c2cc(F)c(F)c(F)c2)cc(F)c1F. The minimum Gasteiger partial charge on any atom is -0.406 e. The van der Waals surface area contributed by atoms with Gasteiger partial charge in [-0.25, -0.2) is 26.3 Å². The molecule has 3 aromatic rings. The van der Waals surface area contributed by atoms with Gasteiger partial charge in [-0.15, -0.1) is 13.2 Å². The van der Waals surface area contributed by atoms with Crippen LogP contribution in [0.1, 0.15) is 34.6 Å². The average molecular weight is 686 g/mol. The highest BCUT2D eigenvalue weighted by Crippen LogP contribution is 2.62. The molecular formula is C34H19F12NO. The van der Waals surface area contributed by atoms with E-state index in [4.69, 9.17) is 0 Å². The quantitative estimate of drug-likeness (QED) is 0.168. The maximum absolute atomic E-state index is 14.6. The van der Waals surface area contributed by atoms with Gasteiger partial charge >= 0.3 is 12.7 Å². The van der Waals surface area contributed by atoms with Crippen molar-refractivity contribution in [2.75, 3.05) is 5.32 Å². The maximum atomic E-state index is 14.6. The van der Waals surface area contributed by atoms with Crippen LogP contribution in [0, 0.1) is 58.6 Å². The van der Waals surface area contributed by atoms with Crippen LogP contribution in [0.5, 0.6) is 0 Å². The Morgan fingerprint density at radius 2 is 1.31 bits per heavy atom. The molecule has 0 radical (unpaired) electrons. The Labute approximate surface area is 263 Å². The molecule has 5 atom stereocenters. The molecule has 1 fully saturated rings. The summed E-state index contributed by atoms with van der Waals surface area (Å²) in [6.07, 6.45) is -4.46. The predicted molar refractivity (Wildman–Crippen MR) is 148 cm³/mol. The van der Waals surface area contributed by atoms with Crippen molar-refractivity contribution < 1.29 is 57.4 Å². The first-order chi connectivity index (χ1) is 22.5. The smallest absolute Gasteiger partial charge is 0.406 e. The maximum Gasteiger partial charge on any atom is 0.573 e. The highest BCUT2D eigenvalue weighted by Gasteiger charge is 2.53. The topological polar surface area (TPSA) is 21.3 Å². The van der Waals surface area contributed by atoms with Crippen LogP contribution >= 0.6 is 0 Å². The fourth-order valence-corrected chi connectivity index (χ4v) is 7.71. The van der Waals surface area contributed by atoms with Crippen LogP contribution in [0.3, 0.4) is 0 Å². The number of hydrogen-bond donors (Lipinski definition) is 1. The monoisotopic (exact) mass is 685 g/mol. The molecule has 250 valence electrons. The van der Waals surface area contributed by atoms with Crippen LogP contribution in [-0.2, 0) is 4.74 Å². The molecule has 1 saturated carbocycles. The van der Waals surface area contributed by atoms with E-state index in [-0.39, 0.29) is 28.7 Å². The van der Waals surface area contributed by atoms with Gasteiger partial charge in [0.2, 0.25) is 0 Å². The molecule has 5 unspecified atom stereocenters.